The SMILES string of the molecule is O=C(NC1CCCCC1NCCc1cccs1)c1ccc(Br)cc1. The van der Waals surface area contributed by atoms with Crippen LogP contribution in [-0.4, -0.2) is 24.5 Å². The van der Waals surface area contributed by atoms with Gasteiger partial charge in [0.1, 0.15) is 0 Å². The van der Waals surface area contributed by atoms with E-state index in [4.69, 9.17) is 0 Å². The number of carbonyl (C=O) groups excluding carboxylic acids is 1. The summed E-state index contributed by atoms with van der Waals surface area (Å²) in [6, 6.07) is 12.4. The van der Waals surface area contributed by atoms with Gasteiger partial charge in [0.15, 0.2) is 0 Å². The molecular weight excluding hydrogens is 384 g/mol. The highest BCUT2D eigenvalue weighted by atomic mass is 79.9. The van der Waals surface area contributed by atoms with E-state index in [-0.39, 0.29) is 11.9 Å². The van der Waals surface area contributed by atoms with Crippen molar-refractivity contribution in [1.29, 1.82) is 0 Å². The van der Waals surface area contributed by atoms with Crippen molar-refractivity contribution in [2.75, 3.05) is 6.54 Å². The molecule has 2 atom stereocenters. The summed E-state index contributed by atoms with van der Waals surface area (Å²) in [6.45, 7) is 0.968. The fraction of sp³-hybridized carbons (Fsp3) is 0.421. The Labute approximate surface area is 156 Å². The van der Waals surface area contributed by atoms with Crippen molar-refractivity contribution in [3.63, 3.8) is 0 Å². The zero-order chi connectivity index (χ0) is 16.8. The molecule has 1 aromatic heterocycles. The second-order valence-electron chi connectivity index (χ2n) is 6.26. The molecule has 1 heterocycles. The van der Waals surface area contributed by atoms with Gasteiger partial charge in [0.25, 0.3) is 5.91 Å². The van der Waals surface area contributed by atoms with Gasteiger partial charge >= 0.3 is 0 Å². The Morgan fingerprint density at radius 1 is 1.12 bits per heavy atom. The van der Waals surface area contributed by atoms with Crippen molar-refractivity contribution in [1.82, 2.24) is 10.6 Å². The number of benzene rings is 1. The third-order valence-corrected chi connectivity index (χ3v) is 6.01. The first kappa shape index (κ1) is 17.6. The van der Waals surface area contributed by atoms with Crippen LogP contribution in [0.1, 0.15) is 40.9 Å². The largest absolute Gasteiger partial charge is 0.348 e. The summed E-state index contributed by atoms with van der Waals surface area (Å²) in [6.07, 6.45) is 5.67. The molecule has 1 aliphatic carbocycles. The minimum atomic E-state index is 0.0273. The van der Waals surface area contributed by atoms with E-state index in [0.29, 0.717) is 6.04 Å². The van der Waals surface area contributed by atoms with Crippen LogP contribution in [0.4, 0.5) is 0 Å². The Bertz CT molecular complexity index is 642. The minimum Gasteiger partial charge on any atom is -0.348 e. The lowest BCUT2D eigenvalue weighted by atomic mass is 9.90. The van der Waals surface area contributed by atoms with Gasteiger partial charge in [-0.05, 0) is 55.0 Å². The monoisotopic (exact) mass is 406 g/mol. The third-order valence-electron chi connectivity index (χ3n) is 4.55. The zero-order valence-electron chi connectivity index (χ0n) is 13.6. The summed E-state index contributed by atoms with van der Waals surface area (Å²) in [5.74, 6) is 0.0273. The molecule has 0 saturated heterocycles. The Hall–Kier alpha value is -1.17. The van der Waals surface area contributed by atoms with E-state index in [9.17, 15) is 4.79 Å². The van der Waals surface area contributed by atoms with E-state index in [1.54, 1.807) is 11.3 Å². The number of halogens is 1. The third kappa shape index (κ3) is 4.91. The fourth-order valence-electron chi connectivity index (χ4n) is 3.24. The van der Waals surface area contributed by atoms with Gasteiger partial charge in [0.2, 0.25) is 0 Å². The van der Waals surface area contributed by atoms with Crippen LogP contribution in [0.25, 0.3) is 0 Å². The molecule has 3 rings (SSSR count). The fourth-order valence-corrected chi connectivity index (χ4v) is 4.21. The maximum absolute atomic E-state index is 12.5. The average Bonchev–Trinajstić information content (AvgIpc) is 3.10. The molecule has 1 saturated carbocycles. The van der Waals surface area contributed by atoms with Crippen LogP contribution < -0.4 is 10.6 Å². The Balaban J connectivity index is 1.53. The maximum Gasteiger partial charge on any atom is 0.251 e. The summed E-state index contributed by atoms with van der Waals surface area (Å²) in [5.41, 5.74) is 0.723. The minimum absolute atomic E-state index is 0.0273. The van der Waals surface area contributed by atoms with Crippen LogP contribution >= 0.6 is 27.3 Å². The van der Waals surface area contributed by atoms with Crippen LogP contribution in [-0.2, 0) is 6.42 Å². The molecular formula is C19H23BrN2OS. The van der Waals surface area contributed by atoms with Gasteiger partial charge in [0.05, 0.1) is 0 Å². The number of carbonyl (C=O) groups is 1. The van der Waals surface area contributed by atoms with Crippen LogP contribution in [0, 0.1) is 0 Å². The number of amides is 1. The van der Waals surface area contributed by atoms with E-state index >= 15 is 0 Å². The molecule has 1 aliphatic rings. The van der Waals surface area contributed by atoms with Gasteiger partial charge in [-0.2, -0.15) is 0 Å². The van der Waals surface area contributed by atoms with Gasteiger partial charge in [-0.25, -0.2) is 0 Å². The normalized spacial score (nSPS) is 20.7. The number of thiophene rings is 1. The Morgan fingerprint density at radius 3 is 2.58 bits per heavy atom. The van der Waals surface area contributed by atoms with Crippen LogP contribution in [0.5, 0.6) is 0 Å². The van der Waals surface area contributed by atoms with Gasteiger partial charge in [-0.1, -0.05) is 34.8 Å². The molecule has 24 heavy (non-hydrogen) atoms. The highest BCUT2D eigenvalue weighted by molar-refractivity contribution is 9.10. The summed E-state index contributed by atoms with van der Waals surface area (Å²) < 4.78 is 0.991. The quantitative estimate of drug-likeness (QED) is 0.746. The predicted molar refractivity (Wildman–Crippen MR) is 104 cm³/mol. The highest BCUT2D eigenvalue weighted by Gasteiger charge is 2.26. The summed E-state index contributed by atoms with van der Waals surface area (Å²) in [4.78, 5) is 13.9. The lowest BCUT2D eigenvalue weighted by Gasteiger charge is -2.33. The molecule has 2 aromatic rings. The van der Waals surface area contributed by atoms with Crippen molar-refractivity contribution < 1.29 is 4.79 Å². The van der Waals surface area contributed by atoms with Crippen molar-refractivity contribution in [3.8, 4) is 0 Å². The Kier molecular flexibility index (Phi) is 6.46. The molecule has 0 radical (unpaired) electrons. The van der Waals surface area contributed by atoms with E-state index < -0.39 is 0 Å². The standard InChI is InChI=1S/C19H23BrN2OS/c20-15-9-7-14(8-10-15)19(23)22-18-6-2-1-5-17(18)21-12-11-16-4-3-13-24-16/h3-4,7-10,13,17-18,21H,1-2,5-6,11-12H2,(H,22,23). The Morgan fingerprint density at radius 2 is 1.88 bits per heavy atom. The van der Waals surface area contributed by atoms with E-state index in [2.05, 4.69) is 44.1 Å². The summed E-state index contributed by atoms with van der Waals surface area (Å²) in [5, 5.41) is 9.02. The molecule has 1 amide bonds. The first-order valence-corrected chi connectivity index (χ1v) is 10.2. The van der Waals surface area contributed by atoms with Gasteiger partial charge in [-0.3, -0.25) is 4.79 Å². The maximum atomic E-state index is 12.5. The predicted octanol–water partition coefficient (Wildman–Crippen LogP) is 4.38. The average molecular weight is 407 g/mol. The summed E-state index contributed by atoms with van der Waals surface area (Å²) >= 11 is 5.21. The molecule has 5 heteroatoms. The molecule has 0 bridgehead atoms. The van der Waals surface area contributed by atoms with E-state index in [0.717, 1.165) is 35.8 Å². The molecule has 2 unspecified atom stereocenters. The molecule has 3 nitrogen and oxygen atoms in total. The highest BCUT2D eigenvalue weighted by Crippen LogP contribution is 2.20. The number of hydrogen-bond acceptors (Lipinski definition) is 3. The van der Waals surface area contributed by atoms with Crippen molar-refractivity contribution >= 4 is 33.2 Å². The van der Waals surface area contributed by atoms with Crippen molar-refractivity contribution in [2.24, 2.45) is 0 Å². The second kappa shape index (κ2) is 8.79. The first-order chi connectivity index (χ1) is 11.7. The first-order valence-electron chi connectivity index (χ1n) is 8.54. The van der Waals surface area contributed by atoms with Crippen LogP contribution in [0.2, 0.25) is 0 Å². The molecule has 128 valence electrons. The number of nitrogens with one attached hydrogen (secondary N) is 2. The zero-order valence-corrected chi connectivity index (χ0v) is 16.0. The van der Waals surface area contributed by atoms with Gasteiger partial charge < -0.3 is 10.6 Å². The molecule has 2 N–H and O–H groups in total. The lowest BCUT2D eigenvalue weighted by molar-refractivity contribution is 0.0915. The topological polar surface area (TPSA) is 41.1 Å². The number of rotatable bonds is 6. The molecule has 1 fully saturated rings. The van der Waals surface area contributed by atoms with E-state index in [1.165, 1.54) is 17.7 Å². The molecule has 1 aromatic carbocycles. The van der Waals surface area contributed by atoms with Crippen LogP contribution in [0.15, 0.2) is 46.3 Å². The van der Waals surface area contributed by atoms with Crippen molar-refractivity contribution in [2.45, 2.75) is 44.2 Å². The van der Waals surface area contributed by atoms with Crippen LogP contribution in [0.3, 0.4) is 0 Å². The smallest absolute Gasteiger partial charge is 0.251 e. The van der Waals surface area contributed by atoms with Crippen molar-refractivity contribution in [3.05, 3.63) is 56.7 Å². The van der Waals surface area contributed by atoms with E-state index in [1.807, 2.05) is 24.3 Å². The summed E-state index contributed by atoms with van der Waals surface area (Å²) in [7, 11) is 0. The second-order valence-corrected chi connectivity index (χ2v) is 8.21. The lowest BCUT2D eigenvalue weighted by Crippen LogP contribution is -2.52. The molecule has 0 spiro atoms. The number of hydrogen-bond donors (Lipinski definition) is 2. The van der Waals surface area contributed by atoms with Gasteiger partial charge in [0, 0.05) is 33.5 Å². The molecule has 0 aliphatic heterocycles. The van der Waals surface area contributed by atoms with Gasteiger partial charge in [-0.15, -0.1) is 11.3 Å².